The summed E-state index contributed by atoms with van der Waals surface area (Å²) >= 11 is 0. The Bertz CT molecular complexity index is 690. The van der Waals surface area contributed by atoms with Gasteiger partial charge in [0.25, 0.3) is 5.91 Å². The quantitative estimate of drug-likeness (QED) is 0.938. The zero-order valence-electron chi connectivity index (χ0n) is 13.5. The molecule has 3 rings (SSSR count). The number of aryl methyl sites for hydroxylation is 2. The van der Waals surface area contributed by atoms with Crippen LogP contribution in [0.4, 0.5) is 5.69 Å². The maximum absolute atomic E-state index is 12.3. The van der Waals surface area contributed by atoms with E-state index in [0.29, 0.717) is 18.0 Å². The Morgan fingerprint density at radius 2 is 2.04 bits per heavy atom. The molecular formula is C17H21N3O3. The second kappa shape index (κ2) is 6.93. The van der Waals surface area contributed by atoms with Crippen LogP contribution in [-0.2, 0) is 11.3 Å². The van der Waals surface area contributed by atoms with Crippen LogP contribution in [0.2, 0.25) is 0 Å². The van der Waals surface area contributed by atoms with E-state index >= 15 is 0 Å². The lowest BCUT2D eigenvalue weighted by Crippen LogP contribution is -2.35. The lowest BCUT2D eigenvalue weighted by atomic mass is 10.1. The Morgan fingerprint density at radius 1 is 1.26 bits per heavy atom. The first-order chi connectivity index (χ1) is 11.1. The van der Waals surface area contributed by atoms with Crippen molar-refractivity contribution in [3.8, 4) is 0 Å². The van der Waals surface area contributed by atoms with Crippen LogP contribution in [0.1, 0.15) is 27.4 Å². The average Bonchev–Trinajstić information content (AvgIpc) is 3.00. The summed E-state index contributed by atoms with van der Waals surface area (Å²) in [4.78, 5) is 14.5. The maximum Gasteiger partial charge on any atom is 0.277 e. The molecule has 0 aliphatic carbocycles. The normalized spacial score (nSPS) is 15.6. The zero-order valence-corrected chi connectivity index (χ0v) is 13.5. The highest BCUT2D eigenvalue weighted by Crippen LogP contribution is 2.18. The molecular weight excluding hydrogens is 294 g/mol. The molecule has 6 heteroatoms. The number of hydrogen-bond donors (Lipinski definition) is 1. The molecule has 0 spiro atoms. The minimum atomic E-state index is -0.254. The van der Waals surface area contributed by atoms with Gasteiger partial charge >= 0.3 is 0 Å². The molecule has 1 fully saturated rings. The summed E-state index contributed by atoms with van der Waals surface area (Å²) in [6.45, 7) is 7.79. The lowest BCUT2D eigenvalue weighted by Gasteiger charge is -2.25. The van der Waals surface area contributed by atoms with E-state index in [1.807, 2.05) is 32.0 Å². The molecule has 1 amide bonds. The van der Waals surface area contributed by atoms with Crippen LogP contribution in [-0.4, -0.2) is 42.3 Å². The van der Waals surface area contributed by atoms with Crippen molar-refractivity contribution in [2.24, 2.45) is 0 Å². The van der Waals surface area contributed by atoms with E-state index in [1.54, 1.807) is 6.07 Å². The number of nitrogens with one attached hydrogen (secondary N) is 1. The summed E-state index contributed by atoms with van der Waals surface area (Å²) in [7, 11) is 0. The third-order valence-corrected chi connectivity index (χ3v) is 3.92. The van der Waals surface area contributed by atoms with Gasteiger partial charge in [-0.1, -0.05) is 17.3 Å². The topological polar surface area (TPSA) is 67.6 Å². The SMILES string of the molecule is Cc1ccc(C)c(NC(=O)c2cc(CN3CCOCC3)on2)c1. The molecule has 1 aromatic heterocycles. The Labute approximate surface area is 135 Å². The van der Waals surface area contributed by atoms with Crippen molar-refractivity contribution in [2.75, 3.05) is 31.6 Å². The summed E-state index contributed by atoms with van der Waals surface area (Å²) in [5.41, 5.74) is 3.21. The molecule has 1 aliphatic heterocycles. The fraction of sp³-hybridized carbons (Fsp3) is 0.412. The predicted octanol–water partition coefficient (Wildman–Crippen LogP) is 2.38. The van der Waals surface area contributed by atoms with Gasteiger partial charge in [-0.2, -0.15) is 0 Å². The highest BCUT2D eigenvalue weighted by Gasteiger charge is 2.17. The van der Waals surface area contributed by atoms with Gasteiger partial charge in [0.15, 0.2) is 11.5 Å². The van der Waals surface area contributed by atoms with Crippen molar-refractivity contribution in [3.63, 3.8) is 0 Å². The molecule has 0 radical (unpaired) electrons. The summed E-state index contributed by atoms with van der Waals surface area (Å²) in [6, 6.07) is 7.65. The molecule has 6 nitrogen and oxygen atoms in total. The Morgan fingerprint density at radius 3 is 2.83 bits per heavy atom. The summed E-state index contributed by atoms with van der Waals surface area (Å²) < 4.78 is 10.6. The molecule has 122 valence electrons. The molecule has 0 atom stereocenters. The Kier molecular flexibility index (Phi) is 4.73. The first-order valence-corrected chi connectivity index (χ1v) is 7.76. The number of morpholine rings is 1. The number of nitrogens with zero attached hydrogens (tertiary/aromatic N) is 2. The van der Waals surface area contributed by atoms with Crippen LogP contribution in [0.3, 0.4) is 0 Å². The molecule has 1 N–H and O–H groups in total. The third kappa shape index (κ3) is 3.97. The van der Waals surface area contributed by atoms with Gasteiger partial charge in [0.2, 0.25) is 0 Å². The Balaban J connectivity index is 1.65. The lowest BCUT2D eigenvalue weighted by molar-refractivity contribution is 0.0305. The molecule has 2 heterocycles. The van der Waals surface area contributed by atoms with Crippen LogP contribution in [0.15, 0.2) is 28.8 Å². The third-order valence-electron chi connectivity index (χ3n) is 3.92. The highest BCUT2D eigenvalue weighted by atomic mass is 16.5. The van der Waals surface area contributed by atoms with Gasteiger partial charge < -0.3 is 14.6 Å². The number of carbonyl (C=O) groups excluding carboxylic acids is 1. The van der Waals surface area contributed by atoms with E-state index in [0.717, 1.165) is 43.1 Å². The average molecular weight is 315 g/mol. The van der Waals surface area contributed by atoms with Crippen LogP contribution >= 0.6 is 0 Å². The monoisotopic (exact) mass is 315 g/mol. The minimum absolute atomic E-state index is 0.254. The van der Waals surface area contributed by atoms with Gasteiger partial charge in [0.05, 0.1) is 19.8 Å². The van der Waals surface area contributed by atoms with E-state index in [2.05, 4.69) is 15.4 Å². The van der Waals surface area contributed by atoms with Crippen molar-refractivity contribution < 1.29 is 14.1 Å². The molecule has 0 bridgehead atoms. The first kappa shape index (κ1) is 15.7. The largest absolute Gasteiger partial charge is 0.379 e. The van der Waals surface area contributed by atoms with Crippen LogP contribution in [0.5, 0.6) is 0 Å². The zero-order chi connectivity index (χ0) is 16.2. The fourth-order valence-corrected chi connectivity index (χ4v) is 2.53. The van der Waals surface area contributed by atoms with Gasteiger partial charge in [-0.05, 0) is 31.0 Å². The van der Waals surface area contributed by atoms with Gasteiger partial charge in [-0.3, -0.25) is 9.69 Å². The van der Waals surface area contributed by atoms with E-state index in [4.69, 9.17) is 9.26 Å². The van der Waals surface area contributed by atoms with Crippen molar-refractivity contribution >= 4 is 11.6 Å². The van der Waals surface area contributed by atoms with Gasteiger partial charge in [0, 0.05) is 24.8 Å². The molecule has 23 heavy (non-hydrogen) atoms. The minimum Gasteiger partial charge on any atom is -0.379 e. The second-order valence-electron chi connectivity index (χ2n) is 5.84. The van der Waals surface area contributed by atoms with Crippen LogP contribution in [0.25, 0.3) is 0 Å². The second-order valence-corrected chi connectivity index (χ2v) is 5.84. The van der Waals surface area contributed by atoms with E-state index in [-0.39, 0.29) is 5.91 Å². The van der Waals surface area contributed by atoms with E-state index < -0.39 is 0 Å². The number of anilines is 1. The van der Waals surface area contributed by atoms with Crippen molar-refractivity contribution in [3.05, 3.63) is 46.8 Å². The van der Waals surface area contributed by atoms with Crippen LogP contribution in [0, 0.1) is 13.8 Å². The van der Waals surface area contributed by atoms with Crippen molar-refractivity contribution in [1.29, 1.82) is 0 Å². The number of carbonyl (C=O) groups is 1. The molecule has 1 aromatic carbocycles. The molecule has 1 aliphatic rings. The Hall–Kier alpha value is -2.18. The van der Waals surface area contributed by atoms with Gasteiger partial charge in [0.1, 0.15) is 0 Å². The molecule has 1 saturated heterocycles. The number of amides is 1. The summed E-state index contributed by atoms with van der Waals surface area (Å²) in [5.74, 6) is 0.439. The predicted molar refractivity (Wildman–Crippen MR) is 86.5 cm³/mol. The maximum atomic E-state index is 12.3. The number of rotatable bonds is 4. The smallest absolute Gasteiger partial charge is 0.277 e. The van der Waals surface area contributed by atoms with Crippen molar-refractivity contribution in [1.82, 2.24) is 10.1 Å². The van der Waals surface area contributed by atoms with Crippen LogP contribution < -0.4 is 5.32 Å². The first-order valence-electron chi connectivity index (χ1n) is 7.76. The van der Waals surface area contributed by atoms with E-state index in [9.17, 15) is 4.79 Å². The van der Waals surface area contributed by atoms with Gasteiger partial charge in [-0.15, -0.1) is 0 Å². The number of hydrogen-bond acceptors (Lipinski definition) is 5. The summed E-state index contributed by atoms with van der Waals surface area (Å²) in [6.07, 6.45) is 0. The van der Waals surface area contributed by atoms with Crippen molar-refractivity contribution in [2.45, 2.75) is 20.4 Å². The highest BCUT2D eigenvalue weighted by molar-refractivity contribution is 6.03. The van der Waals surface area contributed by atoms with Gasteiger partial charge in [-0.25, -0.2) is 0 Å². The number of benzene rings is 1. The van der Waals surface area contributed by atoms with E-state index in [1.165, 1.54) is 0 Å². The molecule has 0 unspecified atom stereocenters. The fourth-order valence-electron chi connectivity index (χ4n) is 2.53. The molecule has 2 aromatic rings. The number of ether oxygens (including phenoxy) is 1. The summed E-state index contributed by atoms with van der Waals surface area (Å²) in [5, 5.41) is 6.77. The number of aromatic nitrogens is 1. The molecule has 0 saturated carbocycles. The standard InChI is InChI=1S/C17H21N3O3/c1-12-3-4-13(2)15(9-12)18-17(21)16-10-14(23-19-16)11-20-5-7-22-8-6-20/h3-4,9-10H,5-8,11H2,1-2H3,(H,18,21).